The SMILES string of the molecule is Cc1cc(C)n(C[C@H](C)C(=O)N[C@@H](CNC(=O)O)C(=O)N[C@@H](CC(C)C)[C@@H](O)C[C@@H](C)C(=O)N[C@H](C(=O)NCC(C)C)C(C)C)n1. The maximum atomic E-state index is 13.4. The Kier molecular flexibility index (Phi) is 16.7. The summed E-state index contributed by atoms with van der Waals surface area (Å²) in [7, 11) is 0. The molecule has 0 aliphatic heterocycles. The first-order valence-corrected chi connectivity index (χ1v) is 16.2. The number of aromatic nitrogens is 2. The minimum atomic E-state index is -1.36. The molecule has 0 fully saturated rings. The van der Waals surface area contributed by atoms with E-state index in [0.29, 0.717) is 13.0 Å². The maximum absolute atomic E-state index is 13.4. The molecule has 0 saturated heterocycles. The molecular weight excluding hydrogens is 594 g/mol. The minimum Gasteiger partial charge on any atom is -0.465 e. The van der Waals surface area contributed by atoms with Crippen LogP contribution in [0.5, 0.6) is 0 Å². The average molecular weight is 652 g/mol. The monoisotopic (exact) mass is 651 g/mol. The van der Waals surface area contributed by atoms with E-state index in [9.17, 15) is 34.2 Å². The summed E-state index contributed by atoms with van der Waals surface area (Å²) >= 11 is 0. The number of aryl methyl sites for hydroxylation is 2. The van der Waals surface area contributed by atoms with Crippen molar-refractivity contribution in [3.63, 3.8) is 0 Å². The molecule has 7 N–H and O–H groups in total. The van der Waals surface area contributed by atoms with Crippen molar-refractivity contribution in [3.05, 3.63) is 17.5 Å². The molecule has 14 heteroatoms. The summed E-state index contributed by atoms with van der Waals surface area (Å²) in [5.41, 5.74) is 1.68. The lowest BCUT2D eigenvalue weighted by molar-refractivity contribution is -0.133. The molecule has 1 rings (SSSR count). The van der Waals surface area contributed by atoms with Crippen LogP contribution < -0.4 is 26.6 Å². The zero-order valence-corrected chi connectivity index (χ0v) is 29.1. The number of rotatable bonds is 19. The fourth-order valence-corrected chi connectivity index (χ4v) is 4.90. The molecule has 0 unspecified atom stereocenters. The van der Waals surface area contributed by atoms with Gasteiger partial charge in [0.1, 0.15) is 12.1 Å². The van der Waals surface area contributed by atoms with E-state index in [4.69, 9.17) is 0 Å². The third-order valence-corrected chi connectivity index (χ3v) is 7.58. The number of carbonyl (C=O) groups is 5. The first-order chi connectivity index (χ1) is 21.3. The lowest BCUT2D eigenvalue weighted by Crippen LogP contribution is -2.57. The number of aliphatic hydroxyl groups is 1. The van der Waals surface area contributed by atoms with Gasteiger partial charge in [-0.2, -0.15) is 5.10 Å². The van der Waals surface area contributed by atoms with Crippen molar-refractivity contribution < 1.29 is 34.2 Å². The lowest BCUT2D eigenvalue weighted by atomic mass is 9.91. The van der Waals surface area contributed by atoms with Gasteiger partial charge in [-0.05, 0) is 50.5 Å². The Hall–Kier alpha value is -3.68. The molecule has 0 bridgehead atoms. The van der Waals surface area contributed by atoms with E-state index >= 15 is 0 Å². The molecule has 0 saturated carbocycles. The summed E-state index contributed by atoms with van der Waals surface area (Å²) in [5, 5.41) is 37.9. The Bertz CT molecular complexity index is 1170. The summed E-state index contributed by atoms with van der Waals surface area (Å²) in [6.07, 6.45) is -2.16. The van der Waals surface area contributed by atoms with Crippen LogP contribution in [0, 0.1) is 43.4 Å². The van der Waals surface area contributed by atoms with Crippen molar-refractivity contribution in [3.8, 4) is 0 Å². The molecule has 0 aliphatic rings. The van der Waals surface area contributed by atoms with Gasteiger partial charge >= 0.3 is 6.09 Å². The molecule has 0 aliphatic carbocycles. The van der Waals surface area contributed by atoms with Crippen molar-refractivity contribution in [1.29, 1.82) is 0 Å². The second kappa shape index (κ2) is 19.1. The van der Waals surface area contributed by atoms with Gasteiger partial charge in [-0.3, -0.25) is 23.9 Å². The molecular formula is C32H57N7O7. The molecule has 0 aromatic carbocycles. The van der Waals surface area contributed by atoms with Gasteiger partial charge in [-0.15, -0.1) is 0 Å². The summed E-state index contributed by atoms with van der Waals surface area (Å²) in [6.45, 7) is 18.8. The van der Waals surface area contributed by atoms with Crippen LogP contribution >= 0.6 is 0 Å². The van der Waals surface area contributed by atoms with Gasteiger partial charge in [-0.25, -0.2) is 4.79 Å². The molecule has 5 amide bonds. The Balaban J connectivity index is 3.00. The zero-order valence-electron chi connectivity index (χ0n) is 29.1. The first-order valence-electron chi connectivity index (χ1n) is 16.2. The molecule has 262 valence electrons. The third-order valence-electron chi connectivity index (χ3n) is 7.58. The quantitative estimate of drug-likeness (QED) is 0.117. The fraction of sp³-hybridized carbons (Fsp3) is 0.750. The lowest BCUT2D eigenvalue weighted by Gasteiger charge is -2.30. The van der Waals surface area contributed by atoms with E-state index in [-0.39, 0.29) is 36.6 Å². The molecule has 14 nitrogen and oxygen atoms in total. The van der Waals surface area contributed by atoms with Crippen molar-refractivity contribution in [2.75, 3.05) is 13.1 Å². The summed E-state index contributed by atoms with van der Waals surface area (Å²) in [4.78, 5) is 63.6. The Morgan fingerprint density at radius 2 is 1.37 bits per heavy atom. The number of hydrogen-bond donors (Lipinski definition) is 7. The number of amides is 5. The zero-order chi connectivity index (χ0) is 35.3. The minimum absolute atomic E-state index is 0.00793. The number of carbonyl (C=O) groups excluding carboxylic acids is 4. The van der Waals surface area contributed by atoms with Crippen molar-refractivity contribution in [1.82, 2.24) is 36.4 Å². The van der Waals surface area contributed by atoms with E-state index in [1.54, 1.807) is 18.5 Å². The van der Waals surface area contributed by atoms with Crippen LogP contribution in [0.1, 0.15) is 79.6 Å². The van der Waals surface area contributed by atoms with Crippen molar-refractivity contribution >= 4 is 29.7 Å². The van der Waals surface area contributed by atoms with Crippen LogP contribution in [0.25, 0.3) is 0 Å². The van der Waals surface area contributed by atoms with Gasteiger partial charge in [0, 0.05) is 18.2 Å². The standard InChI is InChI=1S/C32H57N7O7/c1-17(2)11-24(26(40)12-20(7)28(41)37-27(19(5)6)31(44)33-14-18(3)4)35-30(43)25(15-34-32(45)46)36-29(42)21(8)16-39-23(10)13-22(9)38-39/h13,17-21,24-27,34,40H,11-12,14-16H2,1-10H3,(H,33,44)(H,35,43)(H,36,42)(H,37,41)(H,45,46)/t20-,21+,24+,25+,26+,27+/m1/s1. The van der Waals surface area contributed by atoms with E-state index < -0.39 is 66.4 Å². The van der Waals surface area contributed by atoms with Gasteiger partial charge in [0.2, 0.25) is 23.6 Å². The molecule has 1 aromatic rings. The molecule has 6 atom stereocenters. The fourth-order valence-electron chi connectivity index (χ4n) is 4.90. The molecule has 1 aromatic heterocycles. The first kappa shape index (κ1) is 40.3. The second-order valence-corrected chi connectivity index (χ2v) is 13.6. The summed E-state index contributed by atoms with van der Waals surface area (Å²) < 4.78 is 1.69. The Labute approximate surface area is 273 Å². The van der Waals surface area contributed by atoms with E-state index in [1.807, 2.05) is 61.5 Å². The molecule has 0 spiro atoms. The van der Waals surface area contributed by atoms with Gasteiger partial charge in [-0.1, -0.05) is 55.4 Å². The van der Waals surface area contributed by atoms with Crippen molar-refractivity contribution in [2.24, 2.45) is 29.6 Å². The predicted octanol–water partition coefficient (Wildman–Crippen LogP) is 1.72. The highest BCUT2D eigenvalue weighted by atomic mass is 16.4. The Morgan fingerprint density at radius 3 is 1.87 bits per heavy atom. The largest absolute Gasteiger partial charge is 0.465 e. The second-order valence-electron chi connectivity index (χ2n) is 13.6. The van der Waals surface area contributed by atoms with Crippen LogP contribution in [0.2, 0.25) is 0 Å². The normalized spacial score (nSPS) is 15.4. The van der Waals surface area contributed by atoms with Gasteiger partial charge < -0.3 is 36.8 Å². The van der Waals surface area contributed by atoms with Crippen LogP contribution in [0.3, 0.4) is 0 Å². The summed E-state index contributed by atoms with van der Waals surface area (Å²) in [6, 6.07) is -0.915. The molecule has 1 heterocycles. The van der Waals surface area contributed by atoms with Gasteiger partial charge in [0.25, 0.3) is 0 Å². The van der Waals surface area contributed by atoms with Crippen LogP contribution in [0.4, 0.5) is 4.79 Å². The maximum Gasteiger partial charge on any atom is 0.404 e. The van der Waals surface area contributed by atoms with Gasteiger partial charge in [0.15, 0.2) is 0 Å². The number of nitrogens with zero attached hydrogens (tertiary/aromatic N) is 2. The average Bonchev–Trinajstić information content (AvgIpc) is 3.26. The van der Waals surface area contributed by atoms with E-state index in [0.717, 1.165) is 11.4 Å². The highest BCUT2D eigenvalue weighted by molar-refractivity contribution is 5.89. The molecule has 46 heavy (non-hydrogen) atoms. The topological polar surface area (TPSA) is 204 Å². The van der Waals surface area contributed by atoms with Crippen LogP contribution in [0.15, 0.2) is 6.07 Å². The summed E-state index contributed by atoms with van der Waals surface area (Å²) in [5.74, 6) is -2.97. The Morgan fingerprint density at radius 1 is 0.761 bits per heavy atom. The van der Waals surface area contributed by atoms with E-state index in [2.05, 4.69) is 31.7 Å². The predicted molar refractivity (Wildman–Crippen MR) is 175 cm³/mol. The highest BCUT2D eigenvalue weighted by Crippen LogP contribution is 2.17. The van der Waals surface area contributed by atoms with Crippen molar-refractivity contribution in [2.45, 2.75) is 113 Å². The number of aliphatic hydroxyl groups excluding tert-OH is 1. The van der Waals surface area contributed by atoms with Crippen LogP contribution in [-0.4, -0.2) is 87.0 Å². The highest BCUT2D eigenvalue weighted by Gasteiger charge is 2.32. The van der Waals surface area contributed by atoms with E-state index in [1.165, 1.54) is 0 Å². The number of carboxylic acid groups (broad SMARTS) is 1. The molecule has 0 radical (unpaired) electrons. The van der Waals surface area contributed by atoms with Crippen LogP contribution in [-0.2, 0) is 25.7 Å². The smallest absolute Gasteiger partial charge is 0.404 e. The van der Waals surface area contributed by atoms with Gasteiger partial charge in [0.05, 0.1) is 36.8 Å². The third kappa shape index (κ3) is 14.2. The number of hydrogen-bond acceptors (Lipinski definition) is 7. The number of nitrogens with one attached hydrogen (secondary N) is 5.